The van der Waals surface area contributed by atoms with E-state index in [1.54, 1.807) is 30.3 Å². The number of rotatable bonds is 8. The summed E-state index contributed by atoms with van der Waals surface area (Å²) in [5.41, 5.74) is 1.92. The van der Waals surface area contributed by atoms with Crippen LogP contribution in [0, 0.1) is 0 Å². The fourth-order valence-electron chi connectivity index (χ4n) is 2.99. The third kappa shape index (κ3) is 4.63. The van der Waals surface area contributed by atoms with Crippen molar-refractivity contribution in [3.63, 3.8) is 0 Å². The normalized spacial score (nSPS) is 12.8. The lowest BCUT2D eigenvalue weighted by Gasteiger charge is -2.12. The summed E-state index contributed by atoms with van der Waals surface area (Å²) in [6.07, 6.45) is 0. The summed E-state index contributed by atoms with van der Waals surface area (Å²) in [6, 6.07) is 11.7. The van der Waals surface area contributed by atoms with Crippen LogP contribution in [0.2, 0.25) is 0 Å². The third-order valence-corrected chi connectivity index (χ3v) is 6.43. The lowest BCUT2D eigenvalue weighted by atomic mass is 10.1. The van der Waals surface area contributed by atoms with Crippen LogP contribution in [-0.4, -0.2) is 35.6 Å². The molecule has 2 N–H and O–H groups in total. The predicted molar refractivity (Wildman–Crippen MR) is 114 cm³/mol. The van der Waals surface area contributed by atoms with E-state index < -0.39 is 10.0 Å². The van der Waals surface area contributed by atoms with Crippen LogP contribution in [0.25, 0.3) is 11.0 Å². The Morgan fingerprint density at radius 1 is 1.21 bits per heavy atom. The molecule has 0 saturated carbocycles. The fourth-order valence-corrected chi connectivity index (χ4v) is 4.59. The van der Waals surface area contributed by atoms with Crippen molar-refractivity contribution in [1.82, 2.24) is 9.55 Å². The average Bonchev–Trinajstić information content (AvgIpc) is 3.03. The molecular weight excluding hydrogens is 410 g/mol. The standard InChI is InChI=1S/C20H23N3O4S2/c1-4-23-18-11-10-16(29(21,25)26)12-17(18)22-20(23)28-13(3)19(24)14-6-8-15(9-7-14)27-5-2/h6-13H,4-5H2,1-3H3,(H2,21,25,26). The van der Waals surface area contributed by atoms with Crippen LogP contribution in [0.4, 0.5) is 0 Å². The second-order valence-electron chi connectivity index (χ2n) is 6.42. The quantitative estimate of drug-likeness (QED) is 0.431. The van der Waals surface area contributed by atoms with Crippen LogP contribution in [-0.2, 0) is 16.6 Å². The number of ether oxygens (including phenoxy) is 1. The number of carbonyl (C=O) groups is 1. The van der Waals surface area contributed by atoms with Gasteiger partial charge in [0.15, 0.2) is 10.9 Å². The molecule has 0 spiro atoms. The first kappa shape index (κ1) is 21.4. The van der Waals surface area contributed by atoms with E-state index in [9.17, 15) is 13.2 Å². The van der Waals surface area contributed by atoms with Gasteiger partial charge >= 0.3 is 0 Å². The van der Waals surface area contributed by atoms with E-state index in [1.165, 1.54) is 23.9 Å². The zero-order chi connectivity index (χ0) is 21.2. The summed E-state index contributed by atoms with van der Waals surface area (Å²) in [6.45, 7) is 6.91. The summed E-state index contributed by atoms with van der Waals surface area (Å²) >= 11 is 1.34. The highest BCUT2D eigenvalue weighted by Gasteiger charge is 2.21. The van der Waals surface area contributed by atoms with Gasteiger partial charge < -0.3 is 9.30 Å². The Kier molecular flexibility index (Phi) is 6.30. The highest BCUT2D eigenvalue weighted by molar-refractivity contribution is 8.00. The molecule has 2 aromatic carbocycles. The number of sulfonamides is 1. The molecule has 0 aliphatic carbocycles. The Balaban J connectivity index is 1.87. The molecule has 9 heteroatoms. The maximum absolute atomic E-state index is 12.8. The molecular formula is C20H23N3O4S2. The number of primary sulfonamides is 1. The van der Waals surface area contributed by atoms with Crippen molar-refractivity contribution in [1.29, 1.82) is 0 Å². The summed E-state index contributed by atoms with van der Waals surface area (Å²) in [5.74, 6) is 0.709. The molecule has 0 saturated heterocycles. The van der Waals surface area contributed by atoms with Crippen LogP contribution >= 0.6 is 11.8 Å². The number of carbonyl (C=O) groups excluding carboxylic acids is 1. The summed E-state index contributed by atoms with van der Waals surface area (Å²) in [7, 11) is -3.81. The van der Waals surface area contributed by atoms with Crippen molar-refractivity contribution in [2.45, 2.75) is 42.6 Å². The van der Waals surface area contributed by atoms with Gasteiger partial charge in [-0.1, -0.05) is 11.8 Å². The molecule has 7 nitrogen and oxygen atoms in total. The number of ketones is 1. The van der Waals surface area contributed by atoms with Crippen LogP contribution < -0.4 is 9.88 Å². The summed E-state index contributed by atoms with van der Waals surface area (Å²) < 4.78 is 30.6. The molecule has 3 aromatic rings. The SMILES string of the molecule is CCOc1ccc(C(=O)C(C)Sc2nc3cc(S(N)(=O)=O)ccc3n2CC)cc1. The highest BCUT2D eigenvalue weighted by atomic mass is 32.2. The molecule has 0 aliphatic heterocycles. The van der Waals surface area contributed by atoms with Gasteiger partial charge in [-0.15, -0.1) is 0 Å². The van der Waals surface area contributed by atoms with Gasteiger partial charge in [-0.25, -0.2) is 18.5 Å². The van der Waals surface area contributed by atoms with Crippen LogP contribution in [0.1, 0.15) is 31.1 Å². The number of aromatic nitrogens is 2. The van der Waals surface area contributed by atoms with Crippen molar-refractivity contribution in [2.75, 3.05) is 6.61 Å². The fraction of sp³-hybridized carbons (Fsp3) is 0.300. The number of benzene rings is 2. The molecule has 0 bridgehead atoms. The maximum atomic E-state index is 12.8. The van der Waals surface area contributed by atoms with E-state index in [4.69, 9.17) is 9.88 Å². The molecule has 3 rings (SSSR count). The number of thioether (sulfide) groups is 1. The number of imidazole rings is 1. The minimum Gasteiger partial charge on any atom is -0.494 e. The second kappa shape index (κ2) is 8.56. The van der Waals surface area contributed by atoms with Gasteiger partial charge in [0.05, 0.1) is 27.8 Å². The van der Waals surface area contributed by atoms with Crippen molar-refractivity contribution < 1.29 is 17.9 Å². The number of nitrogens with two attached hydrogens (primary N) is 1. The molecule has 1 unspecified atom stereocenters. The Labute approximate surface area is 174 Å². The molecule has 1 atom stereocenters. The molecule has 0 aliphatic rings. The Morgan fingerprint density at radius 3 is 2.48 bits per heavy atom. The van der Waals surface area contributed by atoms with Gasteiger partial charge in [0.1, 0.15) is 5.75 Å². The van der Waals surface area contributed by atoms with Crippen molar-refractivity contribution in [3.05, 3.63) is 48.0 Å². The zero-order valence-corrected chi connectivity index (χ0v) is 18.1. The first-order valence-electron chi connectivity index (χ1n) is 9.21. The van der Waals surface area contributed by atoms with Gasteiger partial charge in [0, 0.05) is 12.1 Å². The van der Waals surface area contributed by atoms with Crippen molar-refractivity contribution in [3.8, 4) is 5.75 Å². The molecule has 0 amide bonds. The van der Waals surface area contributed by atoms with Gasteiger partial charge in [-0.05, 0) is 63.2 Å². The smallest absolute Gasteiger partial charge is 0.238 e. The predicted octanol–water partition coefficient (Wildman–Crippen LogP) is 3.47. The number of hydrogen-bond acceptors (Lipinski definition) is 6. The Hall–Kier alpha value is -2.36. The van der Waals surface area contributed by atoms with Gasteiger partial charge in [0.25, 0.3) is 0 Å². The van der Waals surface area contributed by atoms with Crippen LogP contribution in [0.3, 0.4) is 0 Å². The number of hydrogen-bond donors (Lipinski definition) is 1. The number of fused-ring (bicyclic) bond motifs is 1. The molecule has 154 valence electrons. The number of aryl methyl sites for hydroxylation is 1. The Morgan fingerprint density at radius 2 is 1.90 bits per heavy atom. The van der Waals surface area contributed by atoms with Crippen LogP contribution in [0.5, 0.6) is 5.75 Å². The van der Waals surface area contributed by atoms with E-state index in [-0.39, 0.29) is 15.9 Å². The summed E-state index contributed by atoms with van der Waals surface area (Å²) in [5, 5.41) is 5.50. The average molecular weight is 434 g/mol. The molecule has 0 radical (unpaired) electrons. The van der Waals surface area contributed by atoms with Gasteiger partial charge in [-0.2, -0.15) is 0 Å². The first-order valence-corrected chi connectivity index (χ1v) is 11.6. The minimum atomic E-state index is -3.81. The highest BCUT2D eigenvalue weighted by Crippen LogP contribution is 2.30. The number of nitrogens with zero attached hydrogens (tertiary/aromatic N) is 2. The number of Topliss-reactive ketones (excluding diaryl/α,β-unsaturated/α-hetero) is 1. The van der Waals surface area contributed by atoms with Gasteiger partial charge in [0.2, 0.25) is 10.0 Å². The zero-order valence-electron chi connectivity index (χ0n) is 16.5. The molecule has 29 heavy (non-hydrogen) atoms. The monoisotopic (exact) mass is 433 g/mol. The van der Waals surface area contributed by atoms with Gasteiger partial charge in [-0.3, -0.25) is 4.79 Å². The minimum absolute atomic E-state index is 0.0146. The van der Waals surface area contributed by atoms with E-state index >= 15 is 0 Å². The lowest BCUT2D eigenvalue weighted by Crippen LogP contribution is -2.14. The van der Waals surface area contributed by atoms with Crippen molar-refractivity contribution in [2.24, 2.45) is 5.14 Å². The molecule has 1 aromatic heterocycles. The summed E-state index contributed by atoms with van der Waals surface area (Å²) in [4.78, 5) is 17.4. The maximum Gasteiger partial charge on any atom is 0.238 e. The van der Waals surface area contributed by atoms with E-state index in [0.29, 0.717) is 29.4 Å². The molecule has 0 fully saturated rings. The topological polar surface area (TPSA) is 104 Å². The Bertz CT molecular complexity index is 1140. The van der Waals surface area contributed by atoms with E-state index in [0.717, 1.165) is 11.3 Å². The van der Waals surface area contributed by atoms with E-state index in [1.807, 2.05) is 25.3 Å². The first-order chi connectivity index (χ1) is 13.7. The third-order valence-electron chi connectivity index (χ3n) is 4.43. The van der Waals surface area contributed by atoms with Crippen molar-refractivity contribution >= 4 is 38.6 Å². The van der Waals surface area contributed by atoms with Crippen LogP contribution in [0.15, 0.2) is 52.5 Å². The largest absolute Gasteiger partial charge is 0.494 e. The molecule has 1 heterocycles. The lowest BCUT2D eigenvalue weighted by molar-refractivity contribution is 0.0994. The second-order valence-corrected chi connectivity index (χ2v) is 9.29. The van der Waals surface area contributed by atoms with E-state index in [2.05, 4.69) is 4.98 Å².